The van der Waals surface area contributed by atoms with E-state index in [2.05, 4.69) is 26.4 Å². The molecule has 5 nitrogen and oxygen atoms in total. The second-order valence-corrected chi connectivity index (χ2v) is 5.37. The molecule has 0 saturated carbocycles. The summed E-state index contributed by atoms with van der Waals surface area (Å²) in [5.74, 6) is 0.353. The molecule has 0 aliphatic carbocycles. The van der Waals surface area contributed by atoms with Crippen LogP contribution in [0.5, 0.6) is 0 Å². The molecule has 0 unspecified atom stereocenters. The zero-order valence-corrected chi connectivity index (χ0v) is 12.0. The lowest BCUT2D eigenvalue weighted by Crippen LogP contribution is -2.43. The SMILES string of the molecule is Fc1ccc(-c2nc3cc(N4CCNCC4)ccn3n2)cc1. The highest BCUT2D eigenvalue weighted by molar-refractivity contribution is 5.61. The standard InChI is InChI=1S/C16H16FN5/c17-13-3-1-12(2-4-13)16-19-15-11-14(5-8-22(15)20-16)21-9-6-18-7-10-21/h1-5,8,11,18H,6-7,9-10H2. The third-order valence-electron chi connectivity index (χ3n) is 3.91. The number of benzene rings is 1. The lowest BCUT2D eigenvalue weighted by Gasteiger charge is -2.29. The van der Waals surface area contributed by atoms with Gasteiger partial charge in [-0.05, 0) is 30.3 Å². The van der Waals surface area contributed by atoms with Gasteiger partial charge in [0.1, 0.15) is 5.82 Å². The van der Waals surface area contributed by atoms with Gasteiger partial charge in [0.15, 0.2) is 11.5 Å². The van der Waals surface area contributed by atoms with Crippen LogP contribution in [0.25, 0.3) is 17.0 Å². The maximum absolute atomic E-state index is 13.0. The van der Waals surface area contributed by atoms with Crippen molar-refractivity contribution in [3.05, 3.63) is 48.4 Å². The van der Waals surface area contributed by atoms with Gasteiger partial charge in [0.2, 0.25) is 0 Å². The van der Waals surface area contributed by atoms with E-state index < -0.39 is 0 Å². The fourth-order valence-electron chi connectivity index (χ4n) is 2.71. The highest BCUT2D eigenvalue weighted by atomic mass is 19.1. The van der Waals surface area contributed by atoms with Gasteiger partial charge in [-0.15, -0.1) is 5.10 Å². The molecule has 3 heterocycles. The van der Waals surface area contributed by atoms with Crippen LogP contribution >= 0.6 is 0 Å². The first-order chi connectivity index (χ1) is 10.8. The second-order valence-electron chi connectivity index (χ2n) is 5.37. The van der Waals surface area contributed by atoms with Crippen molar-refractivity contribution in [3.63, 3.8) is 0 Å². The molecule has 0 atom stereocenters. The molecule has 1 aliphatic rings. The maximum Gasteiger partial charge on any atom is 0.182 e. The molecule has 0 amide bonds. The number of rotatable bonds is 2. The Bertz CT molecular complexity index is 790. The first kappa shape index (κ1) is 13.2. The Hall–Kier alpha value is -2.47. The van der Waals surface area contributed by atoms with Gasteiger partial charge in [-0.2, -0.15) is 0 Å². The Morgan fingerprint density at radius 3 is 2.59 bits per heavy atom. The fourth-order valence-corrected chi connectivity index (χ4v) is 2.71. The molecule has 112 valence electrons. The zero-order chi connectivity index (χ0) is 14.9. The molecule has 22 heavy (non-hydrogen) atoms. The molecule has 0 bridgehead atoms. The highest BCUT2D eigenvalue weighted by Crippen LogP contribution is 2.20. The summed E-state index contributed by atoms with van der Waals surface area (Å²) in [5, 5.41) is 7.80. The average Bonchev–Trinajstić information content (AvgIpc) is 2.99. The van der Waals surface area contributed by atoms with Gasteiger partial charge in [-0.3, -0.25) is 0 Å². The number of nitrogens with zero attached hydrogens (tertiary/aromatic N) is 4. The number of hydrogen-bond acceptors (Lipinski definition) is 4. The van der Waals surface area contributed by atoms with Crippen LogP contribution in [-0.2, 0) is 0 Å². The molecular formula is C16H16FN5. The molecule has 1 N–H and O–H groups in total. The second kappa shape index (κ2) is 5.38. The molecule has 1 fully saturated rings. The summed E-state index contributed by atoms with van der Waals surface area (Å²) in [7, 11) is 0. The van der Waals surface area contributed by atoms with Crippen LogP contribution in [0.3, 0.4) is 0 Å². The Kier molecular flexibility index (Phi) is 3.23. The van der Waals surface area contributed by atoms with Gasteiger partial charge in [-0.25, -0.2) is 13.9 Å². The van der Waals surface area contributed by atoms with Crippen LogP contribution in [0.4, 0.5) is 10.1 Å². The van der Waals surface area contributed by atoms with E-state index in [9.17, 15) is 4.39 Å². The lowest BCUT2D eigenvalue weighted by molar-refractivity contribution is 0.589. The normalized spacial score (nSPS) is 15.4. The van der Waals surface area contributed by atoms with Crippen LogP contribution in [0.15, 0.2) is 42.6 Å². The molecule has 0 radical (unpaired) electrons. The average molecular weight is 297 g/mol. The van der Waals surface area contributed by atoms with Crippen molar-refractivity contribution < 1.29 is 4.39 Å². The number of halogens is 1. The molecule has 1 aliphatic heterocycles. The van der Waals surface area contributed by atoms with E-state index in [4.69, 9.17) is 0 Å². The Labute approximate surface area is 127 Å². The lowest BCUT2D eigenvalue weighted by atomic mass is 10.2. The number of hydrogen-bond donors (Lipinski definition) is 1. The van der Waals surface area contributed by atoms with Crippen LogP contribution < -0.4 is 10.2 Å². The van der Waals surface area contributed by atoms with Crippen molar-refractivity contribution in [3.8, 4) is 11.4 Å². The fraction of sp³-hybridized carbons (Fsp3) is 0.250. The molecule has 1 aromatic carbocycles. The molecule has 4 rings (SSSR count). The van der Waals surface area contributed by atoms with Gasteiger partial charge in [0.25, 0.3) is 0 Å². The predicted molar refractivity (Wildman–Crippen MR) is 83.5 cm³/mol. The van der Waals surface area contributed by atoms with Crippen molar-refractivity contribution in [2.24, 2.45) is 0 Å². The maximum atomic E-state index is 13.0. The Morgan fingerprint density at radius 2 is 1.82 bits per heavy atom. The van der Waals surface area contributed by atoms with Crippen LogP contribution in [-0.4, -0.2) is 40.8 Å². The Balaban J connectivity index is 1.69. The number of piperazine rings is 1. The van der Waals surface area contributed by atoms with Crippen molar-refractivity contribution >= 4 is 11.3 Å². The van der Waals surface area contributed by atoms with E-state index in [1.165, 1.54) is 12.1 Å². The summed E-state index contributed by atoms with van der Waals surface area (Å²) in [6.45, 7) is 3.99. The first-order valence-electron chi connectivity index (χ1n) is 7.38. The zero-order valence-electron chi connectivity index (χ0n) is 12.0. The molecule has 1 saturated heterocycles. The highest BCUT2D eigenvalue weighted by Gasteiger charge is 2.12. The van der Waals surface area contributed by atoms with E-state index in [0.717, 1.165) is 43.1 Å². The number of aromatic nitrogens is 3. The van der Waals surface area contributed by atoms with Crippen LogP contribution in [0, 0.1) is 5.82 Å². The van der Waals surface area contributed by atoms with Gasteiger partial charge < -0.3 is 10.2 Å². The van der Waals surface area contributed by atoms with Crippen LogP contribution in [0.2, 0.25) is 0 Å². The van der Waals surface area contributed by atoms with Gasteiger partial charge in [-0.1, -0.05) is 0 Å². The summed E-state index contributed by atoms with van der Waals surface area (Å²) in [4.78, 5) is 6.89. The molecule has 6 heteroatoms. The van der Waals surface area contributed by atoms with Gasteiger partial charge in [0.05, 0.1) is 0 Å². The Morgan fingerprint density at radius 1 is 1.05 bits per heavy atom. The number of nitrogens with one attached hydrogen (secondary N) is 1. The van der Waals surface area contributed by atoms with E-state index in [0.29, 0.717) is 5.82 Å². The smallest absolute Gasteiger partial charge is 0.182 e. The topological polar surface area (TPSA) is 45.5 Å². The number of pyridine rings is 1. The number of anilines is 1. The van der Waals surface area contributed by atoms with Crippen molar-refractivity contribution in [1.29, 1.82) is 0 Å². The third-order valence-corrected chi connectivity index (χ3v) is 3.91. The predicted octanol–water partition coefficient (Wildman–Crippen LogP) is 1.94. The van der Waals surface area contributed by atoms with Crippen LogP contribution in [0.1, 0.15) is 0 Å². The van der Waals surface area contributed by atoms with E-state index in [1.807, 2.05) is 12.3 Å². The molecule has 3 aromatic rings. The number of fused-ring (bicyclic) bond motifs is 1. The van der Waals surface area contributed by atoms with E-state index >= 15 is 0 Å². The monoisotopic (exact) mass is 297 g/mol. The summed E-state index contributed by atoms with van der Waals surface area (Å²) in [6.07, 6.45) is 1.92. The third kappa shape index (κ3) is 2.42. The molecular weight excluding hydrogens is 281 g/mol. The van der Waals surface area contributed by atoms with E-state index in [1.54, 1.807) is 16.6 Å². The summed E-state index contributed by atoms with van der Waals surface area (Å²) in [5.41, 5.74) is 2.77. The largest absolute Gasteiger partial charge is 0.369 e. The van der Waals surface area contributed by atoms with Crippen molar-refractivity contribution in [2.75, 3.05) is 31.1 Å². The van der Waals surface area contributed by atoms with E-state index in [-0.39, 0.29) is 5.82 Å². The molecule has 2 aromatic heterocycles. The minimum Gasteiger partial charge on any atom is -0.369 e. The van der Waals surface area contributed by atoms with Gasteiger partial charge >= 0.3 is 0 Å². The summed E-state index contributed by atoms with van der Waals surface area (Å²) < 4.78 is 14.8. The minimum atomic E-state index is -0.256. The molecule has 0 spiro atoms. The minimum absolute atomic E-state index is 0.256. The van der Waals surface area contributed by atoms with Crippen molar-refractivity contribution in [2.45, 2.75) is 0 Å². The first-order valence-corrected chi connectivity index (χ1v) is 7.38. The quantitative estimate of drug-likeness (QED) is 0.785. The van der Waals surface area contributed by atoms with Crippen molar-refractivity contribution in [1.82, 2.24) is 19.9 Å². The summed E-state index contributed by atoms with van der Waals surface area (Å²) in [6, 6.07) is 10.3. The summed E-state index contributed by atoms with van der Waals surface area (Å²) >= 11 is 0. The van der Waals surface area contributed by atoms with Gasteiger partial charge in [0, 0.05) is 49.7 Å².